The monoisotopic (exact) mass is 516 g/mol. The summed E-state index contributed by atoms with van der Waals surface area (Å²) < 4.78 is 3.62. The molecular weight excluding hydrogens is 488 g/mol. The number of fused-ring (bicyclic) bond motifs is 1. The molecule has 0 saturated carbocycles. The average Bonchev–Trinajstić information content (AvgIpc) is 3.62. The maximum absolute atomic E-state index is 13.1. The Morgan fingerprint density at radius 1 is 0.923 bits per heavy atom. The molecule has 1 aliphatic heterocycles. The van der Waals surface area contributed by atoms with Crippen molar-refractivity contribution >= 4 is 17.4 Å². The third kappa shape index (κ3) is 4.61. The number of anilines is 1. The predicted molar refractivity (Wildman–Crippen MR) is 149 cm³/mol. The van der Waals surface area contributed by atoms with Gasteiger partial charge < -0.3 is 9.80 Å². The van der Waals surface area contributed by atoms with Crippen LogP contribution in [0, 0.1) is 11.3 Å². The third-order valence-electron chi connectivity index (χ3n) is 7.39. The lowest BCUT2D eigenvalue weighted by Gasteiger charge is -2.36. The number of rotatable bonds is 5. The van der Waals surface area contributed by atoms with Crippen molar-refractivity contribution in [2.75, 3.05) is 31.1 Å². The molecule has 9 nitrogen and oxygen atoms in total. The first-order chi connectivity index (χ1) is 19.0. The van der Waals surface area contributed by atoms with Crippen LogP contribution in [0.3, 0.4) is 0 Å². The molecular formula is C30H28N8O. The molecule has 0 spiro atoms. The van der Waals surface area contributed by atoms with Gasteiger partial charge in [0.05, 0.1) is 24.0 Å². The number of aromatic nitrogens is 5. The van der Waals surface area contributed by atoms with E-state index in [0.717, 1.165) is 46.9 Å². The standard InChI is InChI=1S/C30H28N8O/c1-21(22-6-4-3-5-7-22)30(39)37-12-10-36(11-13-37)28-9-8-23(17-32-28)27-14-24(25-18-34-35(2)20-25)15-29-33-19-26(16-31)38(27)29/h3-9,14-15,17-21H,10-13H2,1-2H3/t21-/m1/s1. The fraction of sp³-hybridized carbons (Fsp3) is 0.233. The molecule has 39 heavy (non-hydrogen) atoms. The number of hydrogen-bond acceptors (Lipinski definition) is 6. The van der Waals surface area contributed by atoms with Gasteiger partial charge >= 0.3 is 0 Å². The van der Waals surface area contributed by atoms with Crippen molar-refractivity contribution in [3.05, 3.63) is 90.6 Å². The van der Waals surface area contributed by atoms with Gasteiger partial charge in [0.1, 0.15) is 23.2 Å². The summed E-state index contributed by atoms with van der Waals surface area (Å²) in [5.74, 6) is 0.874. The molecule has 1 atom stereocenters. The number of amides is 1. The smallest absolute Gasteiger partial charge is 0.229 e. The van der Waals surface area contributed by atoms with E-state index >= 15 is 0 Å². The van der Waals surface area contributed by atoms with Gasteiger partial charge in [-0.2, -0.15) is 10.4 Å². The van der Waals surface area contributed by atoms with Gasteiger partial charge in [-0.05, 0) is 42.3 Å². The van der Waals surface area contributed by atoms with Crippen LogP contribution in [0.15, 0.2) is 79.4 Å². The highest BCUT2D eigenvalue weighted by Crippen LogP contribution is 2.30. The molecule has 0 bridgehead atoms. The van der Waals surface area contributed by atoms with Crippen molar-refractivity contribution in [1.82, 2.24) is 29.0 Å². The highest BCUT2D eigenvalue weighted by atomic mass is 16.2. The first-order valence-corrected chi connectivity index (χ1v) is 13.0. The van der Waals surface area contributed by atoms with Gasteiger partial charge in [-0.25, -0.2) is 9.97 Å². The number of nitrogens with zero attached hydrogens (tertiary/aromatic N) is 8. The minimum absolute atomic E-state index is 0.157. The van der Waals surface area contributed by atoms with Gasteiger partial charge in [0.25, 0.3) is 0 Å². The normalized spacial score (nSPS) is 14.4. The summed E-state index contributed by atoms with van der Waals surface area (Å²) in [5, 5.41) is 14.0. The van der Waals surface area contributed by atoms with Crippen molar-refractivity contribution in [2.45, 2.75) is 12.8 Å². The Bertz CT molecular complexity index is 1670. The number of piperazine rings is 1. The largest absolute Gasteiger partial charge is 0.353 e. The van der Waals surface area contributed by atoms with Crippen LogP contribution in [0.25, 0.3) is 28.0 Å². The summed E-state index contributed by atoms with van der Waals surface area (Å²) in [7, 11) is 1.88. The molecule has 1 amide bonds. The zero-order valence-corrected chi connectivity index (χ0v) is 21.9. The van der Waals surface area contributed by atoms with E-state index in [9.17, 15) is 10.1 Å². The van der Waals surface area contributed by atoms with E-state index in [2.05, 4.69) is 21.1 Å². The number of benzene rings is 1. The van der Waals surface area contributed by atoms with E-state index in [1.54, 1.807) is 10.9 Å². The van der Waals surface area contributed by atoms with Gasteiger partial charge in [0.15, 0.2) is 0 Å². The Hall–Kier alpha value is -4.97. The molecule has 6 rings (SSSR count). The number of carbonyl (C=O) groups is 1. The van der Waals surface area contributed by atoms with Gasteiger partial charge in [-0.1, -0.05) is 30.3 Å². The van der Waals surface area contributed by atoms with Crippen LogP contribution in [0.1, 0.15) is 24.1 Å². The van der Waals surface area contributed by atoms with Crippen LogP contribution in [-0.2, 0) is 11.8 Å². The summed E-state index contributed by atoms with van der Waals surface area (Å²) in [6, 6.07) is 20.2. The summed E-state index contributed by atoms with van der Waals surface area (Å²) >= 11 is 0. The molecule has 1 aromatic carbocycles. The van der Waals surface area contributed by atoms with E-state index in [-0.39, 0.29) is 11.8 Å². The SMILES string of the molecule is C[C@@H](C(=O)N1CCN(c2ccc(-c3cc(-c4cnn(C)c4)cc4ncc(C#N)n34)cn2)CC1)c1ccccc1. The van der Waals surface area contributed by atoms with Crippen LogP contribution in [0.2, 0.25) is 0 Å². The zero-order valence-electron chi connectivity index (χ0n) is 21.9. The summed E-state index contributed by atoms with van der Waals surface area (Å²) in [5.41, 5.74) is 5.86. The summed E-state index contributed by atoms with van der Waals surface area (Å²) in [6.45, 7) is 4.74. The van der Waals surface area contributed by atoms with Gasteiger partial charge in [-0.3, -0.25) is 13.9 Å². The number of carbonyl (C=O) groups excluding carboxylic acids is 1. The molecule has 0 N–H and O–H groups in total. The fourth-order valence-corrected chi connectivity index (χ4v) is 5.18. The van der Waals surface area contributed by atoms with Crippen LogP contribution in [0.4, 0.5) is 5.82 Å². The summed E-state index contributed by atoms with van der Waals surface area (Å²) in [4.78, 5) is 26.5. The number of imidazole rings is 1. The van der Waals surface area contributed by atoms with Crippen LogP contribution in [-0.4, -0.2) is 61.1 Å². The number of aryl methyl sites for hydroxylation is 1. The minimum Gasteiger partial charge on any atom is -0.353 e. The molecule has 0 aliphatic carbocycles. The number of pyridine rings is 2. The van der Waals surface area contributed by atoms with Gasteiger partial charge in [0.2, 0.25) is 5.91 Å². The first kappa shape index (κ1) is 24.4. The van der Waals surface area contributed by atoms with E-state index in [1.807, 2.05) is 96.5 Å². The lowest BCUT2D eigenvalue weighted by Crippen LogP contribution is -2.50. The summed E-state index contributed by atoms with van der Waals surface area (Å²) in [6.07, 6.45) is 7.20. The second-order valence-electron chi connectivity index (χ2n) is 9.83. The Labute approximate surface area is 226 Å². The lowest BCUT2D eigenvalue weighted by atomic mass is 9.99. The Balaban J connectivity index is 1.22. The van der Waals surface area contributed by atoms with Gasteiger partial charge in [-0.15, -0.1) is 0 Å². The van der Waals surface area contributed by atoms with Crippen LogP contribution < -0.4 is 4.90 Å². The highest BCUT2D eigenvalue weighted by Gasteiger charge is 2.26. The second kappa shape index (κ2) is 10.1. The average molecular weight is 517 g/mol. The van der Waals surface area contributed by atoms with Crippen LogP contribution in [0.5, 0.6) is 0 Å². The Morgan fingerprint density at radius 3 is 2.38 bits per heavy atom. The maximum Gasteiger partial charge on any atom is 0.229 e. The molecule has 0 radical (unpaired) electrons. The third-order valence-corrected chi connectivity index (χ3v) is 7.39. The minimum atomic E-state index is -0.157. The lowest BCUT2D eigenvalue weighted by molar-refractivity contribution is -0.132. The Kier molecular flexibility index (Phi) is 6.29. The molecule has 1 saturated heterocycles. The van der Waals surface area contributed by atoms with Crippen molar-refractivity contribution in [3.63, 3.8) is 0 Å². The molecule has 4 aromatic heterocycles. The van der Waals surface area contributed by atoms with Crippen molar-refractivity contribution in [3.8, 4) is 28.5 Å². The van der Waals surface area contributed by atoms with Gasteiger partial charge in [0, 0.05) is 56.7 Å². The molecule has 9 heteroatoms. The van der Waals surface area contributed by atoms with E-state index in [4.69, 9.17) is 4.98 Å². The molecule has 5 heterocycles. The molecule has 1 aliphatic rings. The van der Waals surface area contributed by atoms with Crippen molar-refractivity contribution < 1.29 is 4.79 Å². The second-order valence-corrected chi connectivity index (χ2v) is 9.83. The maximum atomic E-state index is 13.1. The predicted octanol–water partition coefficient (Wildman–Crippen LogP) is 4.12. The van der Waals surface area contributed by atoms with E-state index in [0.29, 0.717) is 24.4 Å². The molecule has 5 aromatic rings. The molecule has 1 fully saturated rings. The molecule has 0 unspecified atom stereocenters. The van der Waals surface area contributed by atoms with E-state index in [1.165, 1.54) is 0 Å². The van der Waals surface area contributed by atoms with Crippen LogP contribution >= 0.6 is 0 Å². The topological polar surface area (TPSA) is 95.4 Å². The first-order valence-electron chi connectivity index (χ1n) is 13.0. The highest BCUT2D eigenvalue weighted by molar-refractivity contribution is 5.83. The number of hydrogen-bond donors (Lipinski definition) is 0. The van der Waals surface area contributed by atoms with E-state index < -0.39 is 0 Å². The fourth-order valence-electron chi connectivity index (χ4n) is 5.18. The van der Waals surface area contributed by atoms with Crippen molar-refractivity contribution in [1.29, 1.82) is 5.26 Å². The quantitative estimate of drug-likeness (QED) is 0.349. The zero-order chi connectivity index (χ0) is 26.9. The Morgan fingerprint density at radius 2 is 1.72 bits per heavy atom. The number of nitriles is 1. The molecule has 194 valence electrons. The van der Waals surface area contributed by atoms with Crippen molar-refractivity contribution in [2.24, 2.45) is 7.05 Å².